The molecule has 0 aromatic rings. The van der Waals surface area contributed by atoms with Gasteiger partial charge in [0.15, 0.2) is 0 Å². The molecule has 1 rings (SSSR count). The number of amides is 1. The molecular weight excluding hydrogens is 311 g/mol. The van der Waals surface area contributed by atoms with Crippen LogP contribution < -0.4 is 10.0 Å². The molecule has 1 heterocycles. The smallest absolute Gasteiger partial charge is 0.346 e. The molecule has 0 aliphatic carbocycles. The van der Waals surface area contributed by atoms with Gasteiger partial charge in [-0.15, -0.1) is 0 Å². The zero-order chi connectivity index (χ0) is 16.1. The van der Waals surface area contributed by atoms with Gasteiger partial charge in [-0.2, -0.15) is 13.2 Å². The Morgan fingerprint density at radius 2 is 2.00 bits per heavy atom. The molecule has 1 aliphatic rings. The summed E-state index contributed by atoms with van der Waals surface area (Å²) in [6, 6.07) is -0.176. The Morgan fingerprint density at radius 1 is 1.33 bits per heavy atom. The van der Waals surface area contributed by atoms with Gasteiger partial charge in [-0.3, -0.25) is 9.69 Å². The van der Waals surface area contributed by atoms with Crippen molar-refractivity contribution in [2.24, 2.45) is 0 Å². The van der Waals surface area contributed by atoms with Gasteiger partial charge in [-0.25, -0.2) is 13.1 Å². The summed E-state index contributed by atoms with van der Waals surface area (Å²) in [5.74, 6) is -0.710. The van der Waals surface area contributed by atoms with Gasteiger partial charge in [-0.1, -0.05) is 6.42 Å². The van der Waals surface area contributed by atoms with E-state index in [0.29, 0.717) is 13.0 Å². The largest absolute Gasteiger partial charge is 0.405 e. The fourth-order valence-electron chi connectivity index (χ4n) is 2.19. The van der Waals surface area contributed by atoms with E-state index >= 15 is 0 Å². The van der Waals surface area contributed by atoms with E-state index < -0.39 is 28.7 Å². The molecule has 124 valence electrons. The quantitative estimate of drug-likeness (QED) is 0.722. The predicted molar refractivity (Wildman–Crippen MR) is 71.1 cm³/mol. The summed E-state index contributed by atoms with van der Waals surface area (Å²) in [5, 5.41) is 1.82. The molecular formula is C11H20F3N3O3S. The number of carbonyl (C=O) groups excluding carboxylic acids is 1. The van der Waals surface area contributed by atoms with E-state index in [4.69, 9.17) is 0 Å². The van der Waals surface area contributed by atoms with Gasteiger partial charge in [0.25, 0.3) is 0 Å². The second-order valence-corrected chi connectivity index (χ2v) is 6.97. The Balaban J connectivity index is 2.47. The Morgan fingerprint density at radius 3 is 2.57 bits per heavy atom. The lowest BCUT2D eigenvalue weighted by Gasteiger charge is -2.35. The van der Waals surface area contributed by atoms with Crippen LogP contribution in [0.15, 0.2) is 0 Å². The number of carbonyl (C=O) groups is 1. The maximum absolute atomic E-state index is 12.0. The number of nitrogens with zero attached hydrogens (tertiary/aromatic N) is 1. The van der Waals surface area contributed by atoms with Crippen molar-refractivity contribution in [2.45, 2.75) is 31.5 Å². The van der Waals surface area contributed by atoms with Gasteiger partial charge in [0.2, 0.25) is 15.9 Å². The van der Waals surface area contributed by atoms with Gasteiger partial charge < -0.3 is 5.32 Å². The third kappa shape index (κ3) is 8.22. The summed E-state index contributed by atoms with van der Waals surface area (Å²) in [6.07, 6.45) is -0.960. The molecule has 1 atom stereocenters. The van der Waals surface area contributed by atoms with Crippen molar-refractivity contribution >= 4 is 15.9 Å². The predicted octanol–water partition coefficient (Wildman–Crippen LogP) is 0.0686. The zero-order valence-electron chi connectivity index (χ0n) is 11.7. The van der Waals surface area contributed by atoms with Crippen molar-refractivity contribution < 1.29 is 26.4 Å². The van der Waals surface area contributed by atoms with E-state index in [1.807, 2.05) is 5.32 Å². The van der Waals surface area contributed by atoms with Crippen molar-refractivity contribution in [2.75, 3.05) is 32.4 Å². The highest BCUT2D eigenvalue weighted by Crippen LogP contribution is 2.16. The van der Waals surface area contributed by atoms with E-state index in [9.17, 15) is 26.4 Å². The minimum absolute atomic E-state index is 0.158. The molecule has 0 bridgehead atoms. The maximum Gasteiger partial charge on any atom is 0.405 e. The second-order valence-electron chi connectivity index (χ2n) is 5.13. The van der Waals surface area contributed by atoms with Crippen LogP contribution in [0.2, 0.25) is 0 Å². The van der Waals surface area contributed by atoms with Crippen LogP contribution in [0.25, 0.3) is 0 Å². The molecule has 0 radical (unpaired) electrons. The number of rotatable bonds is 6. The number of hydrogen-bond acceptors (Lipinski definition) is 4. The van der Waals surface area contributed by atoms with Crippen molar-refractivity contribution in [3.63, 3.8) is 0 Å². The van der Waals surface area contributed by atoms with E-state index in [1.54, 1.807) is 4.90 Å². The number of piperidine rings is 1. The Bertz CT molecular complexity index is 453. The van der Waals surface area contributed by atoms with Crippen LogP contribution in [0.4, 0.5) is 13.2 Å². The average Bonchev–Trinajstić information content (AvgIpc) is 2.33. The molecule has 1 fully saturated rings. The SMILES string of the molecule is CS(=O)(=O)NCC1CCCCN1CC(=O)NCC(F)(F)F. The summed E-state index contributed by atoms with van der Waals surface area (Å²) in [7, 11) is -3.33. The van der Waals surface area contributed by atoms with Gasteiger partial charge in [-0.05, 0) is 19.4 Å². The highest BCUT2D eigenvalue weighted by atomic mass is 32.2. The Hall–Kier alpha value is -0.870. The van der Waals surface area contributed by atoms with E-state index in [-0.39, 0.29) is 19.1 Å². The van der Waals surface area contributed by atoms with Crippen LogP contribution >= 0.6 is 0 Å². The summed E-state index contributed by atoms with van der Waals surface area (Å²) < 4.78 is 60.6. The Kier molecular flexibility index (Phi) is 6.41. The second kappa shape index (κ2) is 7.41. The number of hydrogen-bond donors (Lipinski definition) is 2. The van der Waals surface area contributed by atoms with Crippen LogP contribution in [0, 0.1) is 0 Å². The first kappa shape index (κ1) is 18.2. The molecule has 0 aromatic heterocycles. The lowest BCUT2D eigenvalue weighted by atomic mass is 10.0. The molecule has 1 unspecified atom stereocenters. The molecule has 10 heteroatoms. The Labute approximate surface area is 122 Å². The number of nitrogens with one attached hydrogen (secondary N) is 2. The molecule has 6 nitrogen and oxygen atoms in total. The third-order valence-electron chi connectivity index (χ3n) is 3.16. The summed E-state index contributed by atoms with van der Waals surface area (Å²) in [5.41, 5.74) is 0. The number of halogens is 3. The van der Waals surface area contributed by atoms with Crippen molar-refractivity contribution in [3.05, 3.63) is 0 Å². The van der Waals surface area contributed by atoms with Crippen LogP contribution in [-0.2, 0) is 14.8 Å². The van der Waals surface area contributed by atoms with Gasteiger partial charge in [0.1, 0.15) is 6.54 Å². The van der Waals surface area contributed by atoms with Crippen LogP contribution in [0.5, 0.6) is 0 Å². The molecule has 0 spiro atoms. The highest BCUT2D eigenvalue weighted by Gasteiger charge is 2.29. The molecule has 21 heavy (non-hydrogen) atoms. The molecule has 1 saturated heterocycles. The fourth-order valence-corrected chi connectivity index (χ4v) is 2.68. The average molecular weight is 331 g/mol. The monoisotopic (exact) mass is 331 g/mol. The van der Waals surface area contributed by atoms with Crippen molar-refractivity contribution in [3.8, 4) is 0 Å². The third-order valence-corrected chi connectivity index (χ3v) is 3.85. The van der Waals surface area contributed by atoms with Gasteiger partial charge in [0, 0.05) is 12.6 Å². The molecule has 0 aromatic carbocycles. The van der Waals surface area contributed by atoms with E-state index in [1.165, 1.54) is 0 Å². The highest BCUT2D eigenvalue weighted by molar-refractivity contribution is 7.88. The molecule has 1 aliphatic heterocycles. The number of likely N-dealkylation sites (tertiary alicyclic amines) is 1. The minimum Gasteiger partial charge on any atom is -0.346 e. The van der Waals surface area contributed by atoms with Crippen LogP contribution in [0.3, 0.4) is 0 Å². The first-order valence-corrected chi connectivity index (χ1v) is 8.48. The van der Waals surface area contributed by atoms with Gasteiger partial charge >= 0.3 is 6.18 Å². The lowest BCUT2D eigenvalue weighted by molar-refractivity contribution is -0.139. The van der Waals surface area contributed by atoms with E-state index in [0.717, 1.165) is 19.1 Å². The fraction of sp³-hybridized carbons (Fsp3) is 0.909. The van der Waals surface area contributed by atoms with Crippen molar-refractivity contribution in [1.82, 2.24) is 14.9 Å². The lowest BCUT2D eigenvalue weighted by Crippen LogP contribution is -2.50. The molecule has 0 saturated carbocycles. The van der Waals surface area contributed by atoms with Gasteiger partial charge in [0.05, 0.1) is 12.8 Å². The first-order valence-electron chi connectivity index (χ1n) is 6.59. The minimum atomic E-state index is -4.44. The zero-order valence-corrected chi connectivity index (χ0v) is 12.6. The summed E-state index contributed by atoms with van der Waals surface area (Å²) in [4.78, 5) is 13.2. The van der Waals surface area contributed by atoms with Crippen LogP contribution in [0.1, 0.15) is 19.3 Å². The number of sulfonamides is 1. The summed E-state index contributed by atoms with van der Waals surface area (Å²) in [6.45, 7) is -0.793. The molecule has 1 amide bonds. The normalized spacial score (nSPS) is 21.2. The number of alkyl halides is 3. The first-order chi connectivity index (χ1) is 9.57. The summed E-state index contributed by atoms with van der Waals surface area (Å²) >= 11 is 0. The standard InChI is InChI=1S/C11H20F3N3O3S/c1-21(19,20)16-6-9-4-2-3-5-17(9)7-10(18)15-8-11(12,13)14/h9,16H,2-8H2,1H3,(H,15,18). The molecule has 2 N–H and O–H groups in total. The topological polar surface area (TPSA) is 78.5 Å². The van der Waals surface area contributed by atoms with Crippen molar-refractivity contribution in [1.29, 1.82) is 0 Å². The maximum atomic E-state index is 12.0. The van der Waals surface area contributed by atoms with E-state index in [2.05, 4.69) is 4.72 Å². The van der Waals surface area contributed by atoms with Crippen LogP contribution in [-0.4, -0.2) is 63.9 Å².